The Morgan fingerprint density at radius 3 is 2.44 bits per heavy atom. The topological polar surface area (TPSA) is 40.9 Å². The zero-order valence-corrected chi connectivity index (χ0v) is 24.5. The first-order valence-electron chi connectivity index (χ1n) is 14.7. The van der Waals surface area contributed by atoms with Gasteiger partial charge in [0, 0.05) is 16.4 Å². The smallest absolute Gasteiger partial charge is 0.125 e. The molecule has 36 heavy (non-hydrogen) atoms. The molecule has 0 aromatic carbocycles. The number of rotatable bonds is 5. The largest absolute Gasteiger partial charge is 0.303 e. The van der Waals surface area contributed by atoms with E-state index in [0.717, 1.165) is 24.7 Å². The van der Waals surface area contributed by atoms with E-state index in [2.05, 4.69) is 66.7 Å². The number of fused-ring (bicyclic) bond motifs is 5. The normalized spacial score (nSPS) is 42.4. The van der Waals surface area contributed by atoms with Gasteiger partial charge in [0.1, 0.15) is 6.29 Å². The van der Waals surface area contributed by atoms with E-state index in [0.29, 0.717) is 28.6 Å². The van der Waals surface area contributed by atoms with Crippen LogP contribution in [-0.4, -0.2) is 6.29 Å². The van der Waals surface area contributed by atoms with Crippen LogP contribution in [0.15, 0.2) is 35.5 Å². The molecule has 2 heteroatoms. The van der Waals surface area contributed by atoms with Crippen LogP contribution in [0.2, 0.25) is 0 Å². The molecule has 0 amide bonds. The molecular weight excluding hydrogens is 438 g/mol. The number of carbonyl (C=O) groups excluding carboxylic acids is 1. The molecule has 0 aliphatic heterocycles. The molecule has 2 nitrogen and oxygen atoms in total. The first kappa shape index (κ1) is 27.4. The van der Waals surface area contributed by atoms with Crippen LogP contribution in [0.4, 0.5) is 0 Å². The number of nitrogens with zero attached hydrogens (tertiary/aromatic N) is 1. The molecule has 3 saturated carbocycles. The Kier molecular flexibility index (Phi) is 6.85. The Labute approximate surface area is 221 Å². The molecule has 0 radical (unpaired) electrons. The molecule has 4 aliphatic carbocycles. The molecule has 0 spiro atoms. The lowest BCUT2D eigenvalue weighted by molar-refractivity contribution is -0.123. The van der Waals surface area contributed by atoms with Gasteiger partial charge in [-0.25, -0.2) is 0 Å². The minimum atomic E-state index is -0.447. The SMILES string of the molecule is C=C1C=C2C(C)(/C=C(\C)C#N)C(C(C)(C)C=O)CCC2(C)C2CCC3(CCC)CCC(C)(C)CC3C12. The number of nitriles is 1. The molecule has 0 N–H and O–H groups in total. The summed E-state index contributed by atoms with van der Waals surface area (Å²) in [5.41, 5.74) is 3.72. The first-order chi connectivity index (χ1) is 16.7. The summed E-state index contributed by atoms with van der Waals surface area (Å²) in [5.74, 6) is 2.04. The highest BCUT2D eigenvalue weighted by atomic mass is 16.1. The van der Waals surface area contributed by atoms with Gasteiger partial charge in [0.15, 0.2) is 0 Å². The maximum atomic E-state index is 12.3. The van der Waals surface area contributed by atoms with Gasteiger partial charge in [-0.1, -0.05) is 84.8 Å². The van der Waals surface area contributed by atoms with Crippen LogP contribution >= 0.6 is 0 Å². The molecule has 7 atom stereocenters. The van der Waals surface area contributed by atoms with Crippen molar-refractivity contribution in [1.29, 1.82) is 5.26 Å². The highest BCUT2D eigenvalue weighted by Crippen LogP contribution is 2.71. The average Bonchev–Trinajstić information content (AvgIpc) is 2.80. The summed E-state index contributed by atoms with van der Waals surface area (Å²) >= 11 is 0. The van der Waals surface area contributed by atoms with Gasteiger partial charge in [-0.15, -0.1) is 0 Å². The van der Waals surface area contributed by atoms with Crippen LogP contribution in [0.5, 0.6) is 0 Å². The van der Waals surface area contributed by atoms with Gasteiger partial charge in [0.25, 0.3) is 0 Å². The molecule has 0 aromatic heterocycles. The number of aldehydes is 1. The number of hydrogen-bond donors (Lipinski definition) is 0. The second kappa shape index (κ2) is 8.99. The van der Waals surface area contributed by atoms with Crippen LogP contribution in [0, 0.1) is 62.1 Å². The second-order valence-electron chi connectivity index (χ2n) is 15.1. The average molecular weight is 490 g/mol. The summed E-state index contributed by atoms with van der Waals surface area (Å²) in [6.45, 7) is 23.1. The zero-order chi connectivity index (χ0) is 26.7. The predicted molar refractivity (Wildman–Crippen MR) is 150 cm³/mol. The lowest BCUT2D eigenvalue weighted by atomic mass is 9.38. The minimum Gasteiger partial charge on any atom is -0.303 e. The Morgan fingerprint density at radius 1 is 1.14 bits per heavy atom. The fraction of sp³-hybridized carbons (Fsp3) is 0.765. The van der Waals surface area contributed by atoms with Crippen molar-refractivity contribution in [3.05, 3.63) is 35.5 Å². The summed E-state index contributed by atoms with van der Waals surface area (Å²) in [6, 6.07) is 2.39. The van der Waals surface area contributed by atoms with Crippen molar-refractivity contribution in [3.63, 3.8) is 0 Å². The lowest BCUT2D eigenvalue weighted by Gasteiger charge is -2.65. The van der Waals surface area contributed by atoms with Gasteiger partial charge < -0.3 is 4.79 Å². The van der Waals surface area contributed by atoms with E-state index in [4.69, 9.17) is 6.58 Å². The van der Waals surface area contributed by atoms with Crippen molar-refractivity contribution in [2.24, 2.45) is 50.7 Å². The lowest BCUT2D eigenvalue weighted by Crippen LogP contribution is -2.57. The third kappa shape index (κ3) is 4.08. The summed E-state index contributed by atoms with van der Waals surface area (Å²) in [5, 5.41) is 9.76. The summed E-state index contributed by atoms with van der Waals surface area (Å²) < 4.78 is 0. The molecule has 7 unspecified atom stereocenters. The van der Waals surface area contributed by atoms with E-state index in [1.54, 1.807) is 0 Å². The van der Waals surface area contributed by atoms with Gasteiger partial charge in [-0.3, -0.25) is 0 Å². The second-order valence-corrected chi connectivity index (χ2v) is 15.1. The Balaban J connectivity index is 1.87. The molecule has 0 bridgehead atoms. The Hall–Kier alpha value is -1.62. The standard InChI is InChI=1S/C34H51NO/c1-10-13-34-15-11-25-29(26(34)20-30(4,5)16-17-34)24(3)18-28-32(25,8)14-12-27(31(6,7)22-36)33(28,9)19-23(2)21-35/h18-19,22,25-27,29H,3,10-17,20H2,1-2,4-9H3/b23-19+. The number of carbonyl (C=O) groups is 1. The molecule has 3 fully saturated rings. The van der Waals surface area contributed by atoms with Crippen molar-refractivity contribution in [2.75, 3.05) is 0 Å². The van der Waals surface area contributed by atoms with Gasteiger partial charge in [0.2, 0.25) is 0 Å². The first-order valence-corrected chi connectivity index (χ1v) is 14.7. The highest BCUT2D eigenvalue weighted by Gasteiger charge is 2.62. The van der Waals surface area contributed by atoms with Gasteiger partial charge >= 0.3 is 0 Å². The van der Waals surface area contributed by atoms with E-state index in [-0.39, 0.29) is 16.7 Å². The zero-order valence-electron chi connectivity index (χ0n) is 24.5. The number of allylic oxidation sites excluding steroid dienone is 5. The van der Waals surface area contributed by atoms with E-state index >= 15 is 0 Å². The van der Waals surface area contributed by atoms with E-state index in [9.17, 15) is 10.1 Å². The number of hydrogen-bond acceptors (Lipinski definition) is 2. The molecular formula is C34H51NO. The van der Waals surface area contributed by atoms with Crippen molar-refractivity contribution in [1.82, 2.24) is 0 Å². The van der Waals surface area contributed by atoms with E-state index in [1.807, 2.05) is 6.92 Å². The van der Waals surface area contributed by atoms with Crippen LogP contribution in [0.3, 0.4) is 0 Å². The van der Waals surface area contributed by atoms with Crippen molar-refractivity contribution in [2.45, 2.75) is 113 Å². The molecule has 4 rings (SSSR count). The van der Waals surface area contributed by atoms with Crippen molar-refractivity contribution in [3.8, 4) is 6.07 Å². The molecule has 4 aliphatic rings. The quantitative estimate of drug-likeness (QED) is 0.285. The third-order valence-electron chi connectivity index (χ3n) is 11.8. The van der Waals surface area contributed by atoms with E-state index < -0.39 is 5.41 Å². The third-order valence-corrected chi connectivity index (χ3v) is 11.8. The van der Waals surface area contributed by atoms with Crippen LogP contribution in [-0.2, 0) is 4.79 Å². The van der Waals surface area contributed by atoms with Crippen LogP contribution in [0.1, 0.15) is 113 Å². The van der Waals surface area contributed by atoms with Crippen LogP contribution in [0.25, 0.3) is 0 Å². The van der Waals surface area contributed by atoms with E-state index in [1.165, 1.54) is 56.1 Å². The fourth-order valence-corrected chi connectivity index (χ4v) is 10.1. The highest BCUT2D eigenvalue weighted by molar-refractivity contribution is 5.60. The molecule has 0 heterocycles. The summed E-state index contributed by atoms with van der Waals surface area (Å²) in [4.78, 5) is 12.3. The molecule has 0 saturated heterocycles. The Morgan fingerprint density at radius 2 is 1.83 bits per heavy atom. The Bertz CT molecular complexity index is 1020. The van der Waals surface area contributed by atoms with Gasteiger partial charge in [-0.2, -0.15) is 5.26 Å². The minimum absolute atomic E-state index is 0.0856. The molecule has 0 aromatic rings. The molecule has 198 valence electrons. The summed E-state index contributed by atoms with van der Waals surface area (Å²) in [7, 11) is 0. The van der Waals surface area contributed by atoms with Crippen LogP contribution < -0.4 is 0 Å². The van der Waals surface area contributed by atoms with Crippen molar-refractivity contribution < 1.29 is 4.79 Å². The van der Waals surface area contributed by atoms with Crippen molar-refractivity contribution >= 4 is 6.29 Å². The van der Waals surface area contributed by atoms with Gasteiger partial charge in [-0.05, 0) is 98.2 Å². The summed E-state index contributed by atoms with van der Waals surface area (Å²) in [6.07, 6.45) is 17.3. The van der Waals surface area contributed by atoms with Gasteiger partial charge in [0.05, 0.1) is 6.07 Å². The monoisotopic (exact) mass is 489 g/mol. The predicted octanol–water partition coefficient (Wildman–Crippen LogP) is 9.24. The maximum Gasteiger partial charge on any atom is 0.125 e. The fourth-order valence-electron chi connectivity index (χ4n) is 10.1. The maximum absolute atomic E-state index is 12.3.